The van der Waals surface area contributed by atoms with Crippen molar-refractivity contribution in [3.8, 4) is 0 Å². The zero-order valence-corrected chi connectivity index (χ0v) is 15.3. The van der Waals surface area contributed by atoms with Gasteiger partial charge in [-0.1, -0.05) is 13.8 Å². The molecular weight excluding hydrogens is 344 g/mol. The van der Waals surface area contributed by atoms with Crippen molar-refractivity contribution in [2.45, 2.75) is 32.9 Å². The molecule has 0 radical (unpaired) electrons. The summed E-state index contributed by atoms with van der Waals surface area (Å²) in [6.45, 7) is 6.72. The summed E-state index contributed by atoms with van der Waals surface area (Å²) in [5.41, 5.74) is 2.42. The summed E-state index contributed by atoms with van der Waals surface area (Å²) in [4.78, 5) is 12.7. The third-order valence-corrected chi connectivity index (χ3v) is 3.95. The number of aromatic amines is 1. The number of carbonyl (C=O) groups excluding carboxylic acids is 1. The number of carbonyl (C=O) groups is 1. The first-order valence-corrected chi connectivity index (χ1v) is 8.34. The normalized spacial score (nSPS) is 14.7. The molecule has 3 rings (SSSR count). The fourth-order valence-corrected chi connectivity index (χ4v) is 2.75. The van der Waals surface area contributed by atoms with Gasteiger partial charge in [-0.3, -0.25) is 9.89 Å². The standard InChI is InChI=1S/C17H24N4O3.ClH/c1-11(2)9-23-10-14(15-4-3-7-24-15)19-17(22)16-12-8-18-6-5-13(12)20-21-16;/h3-4,7,11,14,18H,5-6,8-10H2,1-2H3,(H,19,22)(H,20,21);1H. The van der Waals surface area contributed by atoms with Crippen molar-refractivity contribution in [1.82, 2.24) is 20.8 Å². The molecule has 1 aliphatic heterocycles. The lowest BCUT2D eigenvalue weighted by atomic mass is 10.1. The van der Waals surface area contributed by atoms with Crippen LogP contribution in [0.5, 0.6) is 0 Å². The SMILES string of the molecule is CC(C)COCC(NC(=O)c1n[nH]c2c1CNCC2)c1ccco1.Cl. The minimum Gasteiger partial charge on any atom is -0.467 e. The molecule has 7 nitrogen and oxygen atoms in total. The predicted octanol–water partition coefficient (Wildman–Crippen LogP) is 2.21. The first-order valence-electron chi connectivity index (χ1n) is 8.34. The quantitative estimate of drug-likeness (QED) is 0.696. The van der Waals surface area contributed by atoms with E-state index in [2.05, 4.69) is 34.7 Å². The molecule has 1 unspecified atom stereocenters. The minimum atomic E-state index is -0.338. The molecule has 0 spiro atoms. The molecule has 1 amide bonds. The van der Waals surface area contributed by atoms with E-state index >= 15 is 0 Å². The molecule has 2 aromatic rings. The molecule has 2 aromatic heterocycles. The number of ether oxygens (including phenoxy) is 1. The third-order valence-electron chi connectivity index (χ3n) is 3.95. The Hall–Kier alpha value is -1.83. The van der Waals surface area contributed by atoms with Crippen molar-refractivity contribution in [3.63, 3.8) is 0 Å². The van der Waals surface area contributed by atoms with Crippen LogP contribution in [0.3, 0.4) is 0 Å². The Labute approximate surface area is 153 Å². The lowest BCUT2D eigenvalue weighted by molar-refractivity contribution is 0.0727. The van der Waals surface area contributed by atoms with Gasteiger partial charge in [-0.2, -0.15) is 5.10 Å². The summed E-state index contributed by atoms with van der Waals surface area (Å²) in [5.74, 6) is 0.891. The van der Waals surface area contributed by atoms with Gasteiger partial charge >= 0.3 is 0 Å². The molecule has 0 aromatic carbocycles. The summed E-state index contributed by atoms with van der Waals surface area (Å²) in [6, 6.07) is 3.30. The van der Waals surface area contributed by atoms with Crippen molar-refractivity contribution in [2.24, 2.45) is 5.92 Å². The van der Waals surface area contributed by atoms with Crippen LogP contribution in [0.1, 0.15) is 47.4 Å². The second-order valence-electron chi connectivity index (χ2n) is 6.43. The molecule has 0 aliphatic carbocycles. The maximum Gasteiger partial charge on any atom is 0.272 e. The molecule has 138 valence electrons. The van der Waals surface area contributed by atoms with Crippen LogP contribution in [0.25, 0.3) is 0 Å². The number of fused-ring (bicyclic) bond motifs is 1. The zero-order valence-electron chi connectivity index (χ0n) is 14.5. The number of hydrogen-bond acceptors (Lipinski definition) is 5. The number of hydrogen-bond donors (Lipinski definition) is 3. The van der Waals surface area contributed by atoms with Crippen LogP contribution >= 0.6 is 12.4 Å². The number of nitrogens with one attached hydrogen (secondary N) is 3. The number of rotatable bonds is 7. The van der Waals surface area contributed by atoms with Gasteiger partial charge in [0.25, 0.3) is 5.91 Å². The first kappa shape index (κ1) is 19.5. The Kier molecular flexibility index (Phi) is 7.04. The van der Waals surface area contributed by atoms with Gasteiger partial charge < -0.3 is 19.8 Å². The highest BCUT2D eigenvalue weighted by atomic mass is 35.5. The van der Waals surface area contributed by atoms with E-state index in [0.29, 0.717) is 37.1 Å². The molecule has 0 bridgehead atoms. The summed E-state index contributed by atoms with van der Waals surface area (Å²) < 4.78 is 11.1. The topological polar surface area (TPSA) is 92.2 Å². The fraction of sp³-hybridized carbons (Fsp3) is 0.529. The van der Waals surface area contributed by atoms with Crippen LogP contribution < -0.4 is 10.6 Å². The number of halogens is 1. The zero-order chi connectivity index (χ0) is 16.9. The average molecular weight is 369 g/mol. The number of aromatic nitrogens is 2. The number of amides is 1. The van der Waals surface area contributed by atoms with Gasteiger partial charge in [0.1, 0.15) is 11.8 Å². The average Bonchev–Trinajstić information content (AvgIpc) is 3.23. The van der Waals surface area contributed by atoms with Crippen LogP contribution in [-0.4, -0.2) is 35.9 Å². The van der Waals surface area contributed by atoms with Crippen molar-refractivity contribution in [1.29, 1.82) is 0 Å². The van der Waals surface area contributed by atoms with E-state index < -0.39 is 0 Å². The fourth-order valence-electron chi connectivity index (χ4n) is 2.75. The largest absolute Gasteiger partial charge is 0.467 e. The van der Waals surface area contributed by atoms with E-state index in [4.69, 9.17) is 9.15 Å². The highest BCUT2D eigenvalue weighted by molar-refractivity contribution is 5.94. The van der Waals surface area contributed by atoms with Crippen molar-refractivity contribution in [3.05, 3.63) is 41.1 Å². The summed E-state index contributed by atoms with van der Waals surface area (Å²) in [6.07, 6.45) is 2.45. The minimum absolute atomic E-state index is 0. The lowest BCUT2D eigenvalue weighted by Crippen LogP contribution is -2.33. The van der Waals surface area contributed by atoms with E-state index in [1.807, 2.05) is 6.07 Å². The number of furan rings is 1. The van der Waals surface area contributed by atoms with Gasteiger partial charge in [0.15, 0.2) is 5.69 Å². The van der Waals surface area contributed by atoms with Crippen LogP contribution in [0.4, 0.5) is 0 Å². The molecular formula is C17H25ClN4O3. The smallest absolute Gasteiger partial charge is 0.272 e. The maximum absolute atomic E-state index is 12.7. The number of nitrogens with zero attached hydrogens (tertiary/aromatic N) is 1. The molecule has 25 heavy (non-hydrogen) atoms. The van der Waals surface area contributed by atoms with Crippen molar-refractivity contribution in [2.75, 3.05) is 19.8 Å². The van der Waals surface area contributed by atoms with Gasteiger partial charge in [-0.15, -0.1) is 12.4 Å². The molecule has 8 heteroatoms. The van der Waals surface area contributed by atoms with Gasteiger partial charge in [-0.05, 0) is 18.1 Å². The van der Waals surface area contributed by atoms with Gasteiger partial charge in [0.2, 0.25) is 0 Å². The second kappa shape index (κ2) is 9.03. The Morgan fingerprint density at radius 3 is 3.00 bits per heavy atom. The van der Waals surface area contributed by atoms with Crippen LogP contribution in [0.15, 0.2) is 22.8 Å². The predicted molar refractivity (Wildman–Crippen MR) is 95.8 cm³/mol. The molecule has 0 saturated heterocycles. The molecule has 1 aliphatic rings. The maximum atomic E-state index is 12.7. The van der Waals surface area contributed by atoms with E-state index in [-0.39, 0.29) is 24.4 Å². The molecule has 0 saturated carbocycles. The summed E-state index contributed by atoms with van der Waals surface area (Å²) in [5, 5.41) is 13.4. The van der Waals surface area contributed by atoms with E-state index in [1.54, 1.807) is 12.3 Å². The Morgan fingerprint density at radius 1 is 1.44 bits per heavy atom. The molecule has 3 N–H and O–H groups in total. The highest BCUT2D eigenvalue weighted by Gasteiger charge is 2.25. The second-order valence-corrected chi connectivity index (χ2v) is 6.43. The van der Waals surface area contributed by atoms with Gasteiger partial charge in [0, 0.05) is 37.4 Å². The van der Waals surface area contributed by atoms with Gasteiger partial charge in [-0.25, -0.2) is 0 Å². The van der Waals surface area contributed by atoms with E-state index in [1.165, 1.54) is 0 Å². The van der Waals surface area contributed by atoms with Crippen LogP contribution in [-0.2, 0) is 17.7 Å². The Bertz CT molecular complexity index is 669. The van der Waals surface area contributed by atoms with Crippen LogP contribution in [0.2, 0.25) is 0 Å². The summed E-state index contributed by atoms with van der Waals surface area (Å²) in [7, 11) is 0. The molecule has 3 heterocycles. The van der Waals surface area contributed by atoms with E-state index in [9.17, 15) is 4.79 Å². The summed E-state index contributed by atoms with van der Waals surface area (Å²) >= 11 is 0. The third kappa shape index (κ3) is 4.84. The monoisotopic (exact) mass is 368 g/mol. The first-order chi connectivity index (χ1) is 11.6. The molecule has 0 fully saturated rings. The Morgan fingerprint density at radius 2 is 2.28 bits per heavy atom. The lowest BCUT2D eigenvalue weighted by Gasteiger charge is -2.18. The molecule has 1 atom stereocenters. The van der Waals surface area contributed by atoms with E-state index in [0.717, 1.165) is 24.2 Å². The van der Waals surface area contributed by atoms with Crippen LogP contribution in [0, 0.1) is 5.92 Å². The van der Waals surface area contributed by atoms with Crippen molar-refractivity contribution < 1.29 is 13.9 Å². The highest BCUT2D eigenvalue weighted by Crippen LogP contribution is 2.18. The van der Waals surface area contributed by atoms with Crippen molar-refractivity contribution >= 4 is 18.3 Å². The van der Waals surface area contributed by atoms with Gasteiger partial charge in [0.05, 0.1) is 12.9 Å². The Balaban J connectivity index is 0.00000225. The number of H-pyrrole nitrogens is 1.